The smallest absolute Gasteiger partial charge is 0.257 e. The second-order valence-electron chi connectivity index (χ2n) is 7.92. The number of piperazine rings is 1. The van der Waals surface area contributed by atoms with Gasteiger partial charge in [-0.3, -0.25) is 14.7 Å². The predicted octanol–water partition coefficient (Wildman–Crippen LogP) is 4.00. The van der Waals surface area contributed by atoms with Crippen molar-refractivity contribution in [2.75, 3.05) is 26.2 Å². The lowest BCUT2D eigenvalue weighted by atomic mass is 10.0. The second-order valence-corrected chi connectivity index (χ2v) is 8.35. The van der Waals surface area contributed by atoms with Gasteiger partial charge in [-0.2, -0.15) is 5.10 Å². The van der Waals surface area contributed by atoms with Gasteiger partial charge in [0.15, 0.2) is 0 Å². The van der Waals surface area contributed by atoms with Crippen LogP contribution in [0.2, 0.25) is 5.02 Å². The van der Waals surface area contributed by atoms with Crippen LogP contribution < -0.4 is 0 Å². The molecule has 0 saturated carbocycles. The molecule has 3 aromatic rings. The molecule has 0 spiro atoms. The standard InChI is InChI=1S/C23H26ClN5O/c1-17(2)22-21(15-26-29(22)20-7-5-19(24)6-8-20)23(30)28-12-10-27(11-13-28)16-18-4-3-9-25-14-18/h3-9,14-15,17H,10-13,16H2,1-2H3. The van der Waals surface area contributed by atoms with Crippen molar-refractivity contribution in [3.63, 3.8) is 0 Å². The summed E-state index contributed by atoms with van der Waals surface area (Å²) in [5, 5.41) is 5.21. The van der Waals surface area contributed by atoms with Gasteiger partial charge in [0.2, 0.25) is 0 Å². The molecule has 1 aliphatic rings. The average molecular weight is 424 g/mol. The molecule has 2 aromatic heterocycles. The van der Waals surface area contributed by atoms with Crippen LogP contribution in [-0.4, -0.2) is 56.7 Å². The van der Waals surface area contributed by atoms with E-state index in [0.717, 1.165) is 31.0 Å². The maximum absolute atomic E-state index is 13.3. The molecule has 1 amide bonds. The second kappa shape index (κ2) is 8.98. The summed E-state index contributed by atoms with van der Waals surface area (Å²) >= 11 is 6.02. The normalized spacial score (nSPS) is 15.0. The SMILES string of the molecule is CC(C)c1c(C(=O)N2CCN(Cc3cccnc3)CC2)cnn1-c1ccc(Cl)cc1. The highest BCUT2D eigenvalue weighted by molar-refractivity contribution is 6.30. The molecule has 1 saturated heterocycles. The van der Waals surface area contributed by atoms with Crippen molar-refractivity contribution in [1.29, 1.82) is 0 Å². The first-order chi connectivity index (χ1) is 14.5. The first kappa shape index (κ1) is 20.6. The molecule has 30 heavy (non-hydrogen) atoms. The van der Waals surface area contributed by atoms with Gasteiger partial charge in [0, 0.05) is 50.1 Å². The summed E-state index contributed by atoms with van der Waals surface area (Å²) in [4.78, 5) is 21.8. The summed E-state index contributed by atoms with van der Waals surface area (Å²) < 4.78 is 1.85. The monoisotopic (exact) mass is 423 g/mol. The minimum Gasteiger partial charge on any atom is -0.336 e. The van der Waals surface area contributed by atoms with E-state index < -0.39 is 0 Å². The lowest BCUT2D eigenvalue weighted by molar-refractivity contribution is 0.0627. The van der Waals surface area contributed by atoms with Crippen LogP contribution >= 0.6 is 11.6 Å². The maximum Gasteiger partial charge on any atom is 0.257 e. The highest BCUT2D eigenvalue weighted by Gasteiger charge is 2.27. The number of pyridine rings is 1. The zero-order valence-electron chi connectivity index (χ0n) is 17.3. The predicted molar refractivity (Wildman–Crippen MR) is 118 cm³/mol. The maximum atomic E-state index is 13.3. The molecule has 4 rings (SSSR count). The van der Waals surface area contributed by atoms with Crippen LogP contribution in [0.25, 0.3) is 5.69 Å². The van der Waals surface area contributed by atoms with E-state index >= 15 is 0 Å². The van der Waals surface area contributed by atoms with Crippen LogP contribution in [0.15, 0.2) is 55.0 Å². The summed E-state index contributed by atoms with van der Waals surface area (Å²) in [6, 6.07) is 11.6. The van der Waals surface area contributed by atoms with Crippen LogP contribution in [-0.2, 0) is 6.54 Å². The van der Waals surface area contributed by atoms with Crippen molar-refractivity contribution in [1.82, 2.24) is 24.6 Å². The summed E-state index contributed by atoms with van der Waals surface area (Å²) in [7, 11) is 0. The van der Waals surface area contributed by atoms with Gasteiger partial charge in [-0.1, -0.05) is 31.5 Å². The number of carbonyl (C=O) groups is 1. The van der Waals surface area contributed by atoms with Crippen LogP contribution in [0.3, 0.4) is 0 Å². The third-order valence-electron chi connectivity index (χ3n) is 5.44. The zero-order chi connectivity index (χ0) is 21.1. The van der Waals surface area contributed by atoms with Gasteiger partial charge in [-0.15, -0.1) is 0 Å². The molecule has 1 aliphatic heterocycles. The Morgan fingerprint density at radius 1 is 1.07 bits per heavy atom. The number of hydrogen-bond acceptors (Lipinski definition) is 4. The molecule has 3 heterocycles. The molecule has 1 fully saturated rings. The Morgan fingerprint density at radius 3 is 2.43 bits per heavy atom. The van der Waals surface area contributed by atoms with E-state index in [0.29, 0.717) is 23.7 Å². The Kier molecular flexibility index (Phi) is 6.16. The van der Waals surface area contributed by atoms with E-state index in [1.165, 1.54) is 5.56 Å². The van der Waals surface area contributed by atoms with Crippen LogP contribution in [0.5, 0.6) is 0 Å². The molecule has 0 atom stereocenters. The highest BCUT2D eigenvalue weighted by Crippen LogP contribution is 2.25. The van der Waals surface area contributed by atoms with Gasteiger partial charge in [-0.25, -0.2) is 4.68 Å². The first-order valence-corrected chi connectivity index (χ1v) is 10.6. The highest BCUT2D eigenvalue weighted by atomic mass is 35.5. The van der Waals surface area contributed by atoms with Crippen molar-refractivity contribution in [2.24, 2.45) is 0 Å². The van der Waals surface area contributed by atoms with Gasteiger partial charge in [-0.05, 0) is 41.8 Å². The Hall–Kier alpha value is -2.70. The molecule has 0 N–H and O–H groups in total. The minimum absolute atomic E-state index is 0.0555. The lowest BCUT2D eigenvalue weighted by Crippen LogP contribution is -2.48. The van der Waals surface area contributed by atoms with E-state index in [1.807, 2.05) is 46.1 Å². The van der Waals surface area contributed by atoms with E-state index in [1.54, 1.807) is 12.4 Å². The van der Waals surface area contributed by atoms with Gasteiger partial charge >= 0.3 is 0 Å². The molecule has 7 heteroatoms. The van der Waals surface area contributed by atoms with Crippen molar-refractivity contribution >= 4 is 17.5 Å². The Labute approximate surface area is 182 Å². The number of halogens is 1. The number of aromatic nitrogens is 3. The molecule has 0 bridgehead atoms. The number of rotatable bonds is 5. The van der Waals surface area contributed by atoms with Gasteiger partial charge in [0.1, 0.15) is 0 Å². The molecule has 0 radical (unpaired) electrons. The van der Waals surface area contributed by atoms with E-state index in [2.05, 4.69) is 34.9 Å². The topological polar surface area (TPSA) is 54.3 Å². The number of benzene rings is 1. The van der Waals surface area contributed by atoms with Crippen molar-refractivity contribution in [3.8, 4) is 5.69 Å². The summed E-state index contributed by atoms with van der Waals surface area (Å²) in [5.74, 6) is 0.217. The summed E-state index contributed by atoms with van der Waals surface area (Å²) in [6.07, 6.45) is 5.39. The fraction of sp³-hybridized carbons (Fsp3) is 0.348. The largest absolute Gasteiger partial charge is 0.336 e. The van der Waals surface area contributed by atoms with Gasteiger partial charge < -0.3 is 4.90 Å². The Bertz CT molecular complexity index is 992. The van der Waals surface area contributed by atoms with Crippen LogP contribution in [0, 0.1) is 0 Å². The molecule has 6 nitrogen and oxygen atoms in total. The third-order valence-corrected chi connectivity index (χ3v) is 5.70. The minimum atomic E-state index is 0.0555. The lowest BCUT2D eigenvalue weighted by Gasteiger charge is -2.34. The third kappa shape index (κ3) is 4.40. The molecule has 156 valence electrons. The van der Waals surface area contributed by atoms with Crippen LogP contribution in [0.4, 0.5) is 0 Å². The fourth-order valence-corrected chi connectivity index (χ4v) is 4.02. The number of carbonyl (C=O) groups excluding carboxylic acids is 1. The molecule has 0 unspecified atom stereocenters. The Balaban J connectivity index is 1.48. The fourth-order valence-electron chi connectivity index (χ4n) is 3.90. The van der Waals surface area contributed by atoms with E-state index in [4.69, 9.17) is 11.6 Å². The first-order valence-electron chi connectivity index (χ1n) is 10.3. The van der Waals surface area contributed by atoms with E-state index in [-0.39, 0.29) is 11.8 Å². The number of hydrogen-bond donors (Lipinski definition) is 0. The van der Waals surface area contributed by atoms with Gasteiger partial charge in [0.25, 0.3) is 5.91 Å². The molecule has 1 aromatic carbocycles. The van der Waals surface area contributed by atoms with Crippen LogP contribution in [0.1, 0.15) is 41.4 Å². The molecular formula is C23H26ClN5O. The van der Waals surface area contributed by atoms with Crippen molar-refractivity contribution in [3.05, 3.63) is 76.8 Å². The summed E-state index contributed by atoms with van der Waals surface area (Å²) in [6.45, 7) is 8.16. The zero-order valence-corrected chi connectivity index (χ0v) is 18.1. The van der Waals surface area contributed by atoms with E-state index in [9.17, 15) is 4.79 Å². The quantitative estimate of drug-likeness (QED) is 0.622. The number of nitrogens with zero attached hydrogens (tertiary/aromatic N) is 5. The molecular weight excluding hydrogens is 398 g/mol. The van der Waals surface area contributed by atoms with Crippen molar-refractivity contribution in [2.45, 2.75) is 26.3 Å². The summed E-state index contributed by atoms with van der Waals surface area (Å²) in [5.41, 5.74) is 3.72. The average Bonchev–Trinajstić information content (AvgIpc) is 3.20. The number of amides is 1. The Morgan fingerprint density at radius 2 is 1.80 bits per heavy atom. The molecule has 0 aliphatic carbocycles. The van der Waals surface area contributed by atoms with Gasteiger partial charge in [0.05, 0.1) is 23.1 Å². The van der Waals surface area contributed by atoms with Crippen molar-refractivity contribution < 1.29 is 4.79 Å².